The number of carbonyl (C=O) groups excluding carboxylic acids is 2. The number of methoxy groups -OCH3 is 1. The Morgan fingerprint density at radius 1 is 1.29 bits per heavy atom. The van der Waals surface area contributed by atoms with Gasteiger partial charge in [0.15, 0.2) is 0 Å². The molecule has 1 saturated heterocycles. The maximum absolute atomic E-state index is 12.7. The average Bonchev–Trinajstić information content (AvgIpc) is 2.60. The molecular formula is C18H25NO5. The van der Waals surface area contributed by atoms with E-state index in [9.17, 15) is 9.59 Å². The van der Waals surface area contributed by atoms with E-state index in [4.69, 9.17) is 9.47 Å². The van der Waals surface area contributed by atoms with E-state index in [2.05, 4.69) is 10.1 Å². The van der Waals surface area contributed by atoms with Gasteiger partial charge in [-0.3, -0.25) is 0 Å². The van der Waals surface area contributed by atoms with Gasteiger partial charge in [0.05, 0.1) is 13.2 Å². The van der Waals surface area contributed by atoms with Gasteiger partial charge in [0.25, 0.3) is 0 Å². The van der Waals surface area contributed by atoms with Gasteiger partial charge in [-0.15, -0.1) is 0 Å². The third kappa shape index (κ3) is 4.96. The molecule has 6 nitrogen and oxygen atoms in total. The number of hydrogen-bond acceptors (Lipinski definition) is 5. The molecule has 0 radical (unpaired) electrons. The van der Waals surface area contributed by atoms with Gasteiger partial charge in [-0.25, -0.2) is 9.59 Å². The van der Waals surface area contributed by atoms with E-state index in [1.54, 1.807) is 0 Å². The summed E-state index contributed by atoms with van der Waals surface area (Å²) in [4.78, 5) is 24.3. The third-order valence-electron chi connectivity index (χ3n) is 4.27. The van der Waals surface area contributed by atoms with E-state index < -0.39 is 24.2 Å². The maximum atomic E-state index is 12.7. The lowest BCUT2D eigenvalue weighted by Crippen LogP contribution is -2.49. The van der Waals surface area contributed by atoms with E-state index >= 15 is 0 Å². The van der Waals surface area contributed by atoms with Crippen LogP contribution in [0.15, 0.2) is 30.3 Å². The molecule has 1 aromatic carbocycles. The molecule has 1 amide bonds. The number of alkyl carbamates (subject to hydrolysis) is 1. The molecular weight excluding hydrogens is 310 g/mol. The fraction of sp³-hybridized carbons (Fsp3) is 0.556. The molecule has 0 bridgehead atoms. The first-order chi connectivity index (χ1) is 11.5. The molecule has 132 valence electrons. The molecule has 2 rings (SSSR count). The highest BCUT2D eigenvalue weighted by molar-refractivity contribution is 5.81. The molecule has 1 unspecified atom stereocenters. The molecule has 1 aliphatic rings. The average molecular weight is 335 g/mol. The second-order valence-electron chi connectivity index (χ2n) is 6.07. The Hall–Kier alpha value is -2.08. The van der Waals surface area contributed by atoms with Gasteiger partial charge in [0.1, 0.15) is 12.1 Å². The first-order valence-electron chi connectivity index (χ1n) is 8.22. The van der Waals surface area contributed by atoms with E-state index in [1.165, 1.54) is 7.11 Å². The normalized spacial score (nSPS) is 23.0. The number of amides is 1. The van der Waals surface area contributed by atoms with E-state index in [1.807, 2.05) is 44.2 Å². The number of esters is 1. The Morgan fingerprint density at radius 3 is 2.62 bits per heavy atom. The van der Waals surface area contributed by atoms with Crippen LogP contribution in [-0.2, 0) is 19.0 Å². The molecule has 1 aromatic rings. The summed E-state index contributed by atoms with van der Waals surface area (Å²) < 4.78 is 15.8. The van der Waals surface area contributed by atoms with Crippen LogP contribution in [0.1, 0.15) is 38.4 Å². The monoisotopic (exact) mass is 335 g/mol. The van der Waals surface area contributed by atoms with Crippen LogP contribution >= 0.6 is 0 Å². The van der Waals surface area contributed by atoms with Crippen LogP contribution in [-0.4, -0.2) is 37.9 Å². The Morgan fingerprint density at radius 2 is 2.00 bits per heavy atom. The second kappa shape index (κ2) is 8.68. The lowest BCUT2D eigenvalue weighted by molar-refractivity contribution is -0.154. The van der Waals surface area contributed by atoms with Crippen molar-refractivity contribution in [1.82, 2.24) is 5.32 Å². The Bertz CT molecular complexity index is 548. The minimum atomic E-state index is -0.741. The fourth-order valence-electron chi connectivity index (χ4n) is 2.93. The molecule has 4 atom stereocenters. The Balaban J connectivity index is 2.07. The highest BCUT2D eigenvalue weighted by atomic mass is 16.6. The summed E-state index contributed by atoms with van der Waals surface area (Å²) in [7, 11) is 1.27. The summed E-state index contributed by atoms with van der Waals surface area (Å²) in [6.07, 6.45) is 0.392. The first kappa shape index (κ1) is 18.3. The van der Waals surface area contributed by atoms with E-state index in [0.29, 0.717) is 19.4 Å². The number of hydrogen-bond donors (Lipinski definition) is 1. The fourth-order valence-corrected chi connectivity index (χ4v) is 2.93. The number of benzene rings is 1. The summed E-state index contributed by atoms with van der Waals surface area (Å²) in [5, 5.41) is 2.62. The zero-order chi connectivity index (χ0) is 17.5. The molecule has 6 heteroatoms. The van der Waals surface area contributed by atoms with Gasteiger partial charge in [-0.1, -0.05) is 30.3 Å². The summed E-state index contributed by atoms with van der Waals surface area (Å²) in [6, 6.07) is 8.75. The SMILES string of the molecule is COC(=O)NC(C(=O)O[C@@H](C)c1ccccc1)[C@@H]1CCO[C@@H](C)C1. The molecule has 1 fully saturated rings. The lowest BCUT2D eigenvalue weighted by Gasteiger charge is -2.32. The summed E-state index contributed by atoms with van der Waals surface area (Å²) in [5.41, 5.74) is 0.906. The Labute approximate surface area is 142 Å². The minimum absolute atomic E-state index is 0.0386. The highest BCUT2D eigenvalue weighted by Gasteiger charge is 2.35. The van der Waals surface area contributed by atoms with E-state index in [-0.39, 0.29) is 12.0 Å². The van der Waals surface area contributed by atoms with Gasteiger partial charge in [-0.2, -0.15) is 0 Å². The predicted molar refractivity (Wildman–Crippen MR) is 88.4 cm³/mol. The van der Waals surface area contributed by atoms with Crippen LogP contribution in [0.3, 0.4) is 0 Å². The molecule has 1 aliphatic heterocycles. The lowest BCUT2D eigenvalue weighted by atomic mass is 9.89. The van der Waals surface area contributed by atoms with Crippen LogP contribution in [0, 0.1) is 5.92 Å². The van der Waals surface area contributed by atoms with Gasteiger partial charge in [0.2, 0.25) is 0 Å². The van der Waals surface area contributed by atoms with Crippen molar-refractivity contribution >= 4 is 12.1 Å². The van der Waals surface area contributed by atoms with Crippen LogP contribution < -0.4 is 5.32 Å². The molecule has 0 spiro atoms. The minimum Gasteiger partial charge on any atom is -0.456 e. The maximum Gasteiger partial charge on any atom is 0.407 e. The number of ether oxygens (including phenoxy) is 3. The topological polar surface area (TPSA) is 73.9 Å². The van der Waals surface area contributed by atoms with Crippen molar-refractivity contribution in [1.29, 1.82) is 0 Å². The van der Waals surface area contributed by atoms with Gasteiger partial charge < -0.3 is 19.5 Å². The van der Waals surface area contributed by atoms with Crippen molar-refractivity contribution in [3.63, 3.8) is 0 Å². The van der Waals surface area contributed by atoms with Crippen molar-refractivity contribution in [2.75, 3.05) is 13.7 Å². The summed E-state index contributed by atoms with van der Waals surface area (Å²) in [6.45, 7) is 4.33. The quantitative estimate of drug-likeness (QED) is 0.838. The third-order valence-corrected chi connectivity index (χ3v) is 4.27. The van der Waals surface area contributed by atoms with Crippen LogP contribution in [0.25, 0.3) is 0 Å². The molecule has 0 aliphatic carbocycles. The molecule has 24 heavy (non-hydrogen) atoms. The van der Waals surface area contributed by atoms with Crippen molar-refractivity contribution in [3.05, 3.63) is 35.9 Å². The van der Waals surface area contributed by atoms with Crippen LogP contribution in [0.2, 0.25) is 0 Å². The standard InChI is InChI=1S/C18H25NO5/c1-12-11-15(9-10-23-12)16(19-18(21)22-3)17(20)24-13(2)14-7-5-4-6-8-14/h4-8,12-13,15-16H,9-11H2,1-3H3,(H,19,21)/t12-,13-,15+,16?/m0/s1. The smallest absolute Gasteiger partial charge is 0.407 e. The zero-order valence-electron chi connectivity index (χ0n) is 14.4. The zero-order valence-corrected chi connectivity index (χ0v) is 14.4. The number of nitrogens with one attached hydrogen (secondary N) is 1. The van der Waals surface area contributed by atoms with Crippen LogP contribution in [0.5, 0.6) is 0 Å². The van der Waals surface area contributed by atoms with Gasteiger partial charge in [-0.05, 0) is 38.2 Å². The second-order valence-corrected chi connectivity index (χ2v) is 6.07. The Kier molecular flexibility index (Phi) is 6.61. The van der Waals surface area contributed by atoms with Crippen molar-refractivity contribution < 1.29 is 23.8 Å². The van der Waals surface area contributed by atoms with Crippen molar-refractivity contribution in [3.8, 4) is 0 Å². The molecule has 1 heterocycles. The molecule has 0 aromatic heterocycles. The summed E-state index contributed by atoms with van der Waals surface area (Å²) >= 11 is 0. The van der Waals surface area contributed by atoms with Gasteiger partial charge >= 0.3 is 12.1 Å². The summed E-state index contributed by atoms with van der Waals surface area (Å²) in [5.74, 6) is -0.487. The van der Waals surface area contributed by atoms with Gasteiger partial charge in [0, 0.05) is 6.61 Å². The highest BCUT2D eigenvalue weighted by Crippen LogP contribution is 2.26. The molecule has 0 saturated carbocycles. The van der Waals surface area contributed by atoms with Crippen molar-refractivity contribution in [2.45, 2.75) is 44.9 Å². The predicted octanol–water partition coefficient (Wildman–Crippen LogP) is 2.83. The first-order valence-corrected chi connectivity index (χ1v) is 8.22. The number of carbonyl (C=O) groups is 2. The number of rotatable bonds is 5. The van der Waals surface area contributed by atoms with E-state index in [0.717, 1.165) is 5.56 Å². The van der Waals surface area contributed by atoms with Crippen LogP contribution in [0.4, 0.5) is 4.79 Å². The largest absolute Gasteiger partial charge is 0.456 e. The molecule has 1 N–H and O–H groups in total. The van der Waals surface area contributed by atoms with Crippen molar-refractivity contribution in [2.24, 2.45) is 5.92 Å².